The lowest BCUT2D eigenvalue weighted by molar-refractivity contribution is 0.0558. The fourth-order valence-electron chi connectivity index (χ4n) is 4.24. The van der Waals surface area contributed by atoms with Crippen molar-refractivity contribution >= 4 is 5.91 Å². The standard InChI is InChI=1S/C21H25FN2O2/c1-21(2,3)24-8-5-4-6-14-10-17-15-12-16(22)18(25)11-13(15)7-9-23(17)19(14)20(24)26/h10-12,25H,4-9H2,1-3H3. The van der Waals surface area contributed by atoms with Crippen molar-refractivity contribution in [2.45, 2.75) is 58.5 Å². The number of fused-ring (bicyclic) bond motifs is 5. The van der Waals surface area contributed by atoms with Gasteiger partial charge in [-0.2, -0.15) is 0 Å². The van der Waals surface area contributed by atoms with Crippen molar-refractivity contribution in [3.63, 3.8) is 0 Å². The van der Waals surface area contributed by atoms with E-state index in [1.54, 1.807) is 0 Å². The average molecular weight is 356 g/mol. The topological polar surface area (TPSA) is 45.5 Å². The molecule has 0 fully saturated rings. The molecule has 1 N–H and O–H groups in total. The number of amides is 1. The summed E-state index contributed by atoms with van der Waals surface area (Å²) in [6.45, 7) is 7.65. The molecule has 0 spiro atoms. The maximum Gasteiger partial charge on any atom is 0.271 e. The first-order valence-corrected chi connectivity index (χ1v) is 9.33. The van der Waals surface area contributed by atoms with Crippen molar-refractivity contribution in [3.8, 4) is 17.0 Å². The Balaban J connectivity index is 1.89. The van der Waals surface area contributed by atoms with Gasteiger partial charge < -0.3 is 14.6 Å². The molecule has 1 amide bonds. The number of carbonyl (C=O) groups is 1. The van der Waals surface area contributed by atoms with E-state index in [4.69, 9.17) is 0 Å². The van der Waals surface area contributed by atoms with Crippen LogP contribution < -0.4 is 0 Å². The molecule has 2 aliphatic heterocycles. The van der Waals surface area contributed by atoms with Crippen molar-refractivity contribution in [1.82, 2.24) is 9.47 Å². The van der Waals surface area contributed by atoms with Crippen LogP contribution in [0.5, 0.6) is 5.75 Å². The summed E-state index contributed by atoms with van der Waals surface area (Å²) in [5.74, 6) is -0.855. The number of nitrogens with zero attached hydrogens (tertiary/aromatic N) is 2. The normalized spacial score (nSPS) is 17.2. The predicted octanol–water partition coefficient (Wildman–Crippen LogP) is 4.13. The molecule has 0 unspecified atom stereocenters. The first kappa shape index (κ1) is 17.1. The highest BCUT2D eigenvalue weighted by Gasteiger charge is 2.34. The minimum absolute atomic E-state index is 0.0705. The molecule has 26 heavy (non-hydrogen) atoms. The molecule has 1 aromatic carbocycles. The SMILES string of the molecule is CC(C)(C)N1CCCCc2cc3n(c2C1=O)CCc1cc(O)c(F)cc1-3. The van der Waals surface area contributed by atoms with Gasteiger partial charge in [0.2, 0.25) is 0 Å². The number of phenols is 1. The molecule has 0 radical (unpaired) electrons. The highest BCUT2D eigenvalue weighted by molar-refractivity contribution is 5.96. The molecule has 0 saturated carbocycles. The number of aromatic hydroxyl groups is 1. The number of hydrogen-bond acceptors (Lipinski definition) is 2. The summed E-state index contributed by atoms with van der Waals surface area (Å²) >= 11 is 0. The highest BCUT2D eigenvalue weighted by atomic mass is 19.1. The third-order valence-electron chi connectivity index (χ3n) is 5.56. The Bertz CT molecular complexity index is 892. The van der Waals surface area contributed by atoms with Crippen molar-refractivity contribution in [2.75, 3.05) is 6.54 Å². The van der Waals surface area contributed by atoms with Crippen molar-refractivity contribution in [2.24, 2.45) is 0 Å². The van der Waals surface area contributed by atoms with Gasteiger partial charge in [0.15, 0.2) is 11.6 Å². The minimum Gasteiger partial charge on any atom is -0.505 e. The molecular formula is C21H25FN2O2. The van der Waals surface area contributed by atoms with E-state index in [0.29, 0.717) is 13.0 Å². The molecule has 1 aromatic heterocycles. The molecule has 2 aliphatic rings. The number of aryl methyl sites for hydroxylation is 2. The van der Waals surface area contributed by atoms with Crippen LogP contribution in [0.4, 0.5) is 4.39 Å². The second-order valence-electron chi connectivity index (χ2n) is 8.35. The summed E-state index contributed by atoms with van der Waals surface area (Å²) in [6, 6.07) is 4.96. The van der Waals surface area contributed by atoms with Gasteiger partial charge in [0, 0.05) is 29.9 Å². The third kappa shape index (κ3) is 2.61. The molecular weight excluding hydrogens is 331 g/mol. The molecule has 0 aliphatic carbocycles. The summed E-state index contributed by atoms with van der Waals surface area (Å²) in [7, 11) is 0. The first-order chi connectivity index (χ1) is 12.3. The summed E-state index contributed by atoms with van der Waals surface area (Å²) in [5.41, 5.74) is 4.18. The van der Waals surface area contributed by atoms with Gasteiger partial charge in [-0.3, -0.25) is 4.79 Å². The quantitative estimate of drug-likeness (QED) is 0.771. The van der Waals surface area contributed by atoms with Gasteiger partial charge in [0.1, 0.15) is 5.69 Å². The average Bonchev–Trinajstić information content (AvgIpc) is 2.90. The number of benzene rings is 1. The molecule has 3 heterocycles. The predicted molar refractivity (Wildman–Crippen MR) is 98.9 cm³/mol. The van der Waals surface area contributed by atoms with Gasteiger partial charge in [0.05, 0.1) is 0 Å². The zero-order valence-corrected chi connectivity index (χ0v) is 15.6. The monoisotopic (exact) mass is 356 g/mol. The number of carbonyl (C=O) groups excluding carboxylic acids is 1. The van der Waals surface area contributed by atoms with Gasteiger partial charge >= 0.3 is 0 Å². The number of halogens is 1. The number of rotatable bonds is 0. The van der Waals surface area contributed by atoms with Crippen LogP contribution >= 0.6 is 0 Å². The van der Waals surface area contributed by atoms with E-state index in [1.165, 1.54) is 12.1 Å². The number of hydrogen-bond donors (Lipinski definition) is 1. The van der Waals surface area contributed by atoms with Crippen LogP contribution in [0.2, 0.25) is 0 Å². The Kier molecular flexibility index (Phi) is 3.86. The molecule has 0 atom stereocenters. The maximum absolute atomic E-state index is 14.0. The van der Waals surface area contributed by atoms with Crippen molar-refractivity contribution in [3.05, 3.63) is 40.8 Å². The molecule has 2 aromatic rings. The van der Waals surface area contributed by atoms with Crippen LogP contribution in [0.25, 0.3) is 11.3 Å². The van der Waals surface area contributed by atoms with E-state index in [1.807, 2.05) is 11.0 Å². The van der Waals surface area contributed by atoms with Gasteiger partial charge in [-0.15, -0.1) is 0 Å². The summed E-state index contributed by atoms with van der Waals surface area (Å²) in [5, 5.41) is 9.68. The fourth-order valence-corrected chi connectivity index (χ4v) is 4.24. The van der Waals surface area contributed by atoms with Gasteiger partial charge in [0.25, 0.3) is 5.91 Å². The van der Waals surface area contributed by atoms with Crippen LogP contribution in [-0.2, 0) is 19.4 Å². The van der Waals surface area contributed by atoms with E-state index in [-0.39, 0.29) is 17.2 Å². The Morgan fingerprint density at radius 2 is 1.81 bits per heavy atom. The van der Waals surface area contributed by atoms with Gasteiger partial charge in [-0.05, 0) is 75.8 Å². The van der Waals surface area contributed by atoms with Crippen molar-refractivity contribution < 1.29 is 14.3 Å². The summed E-state index contributed by atoms with van der Waals surface area (Å²) < 4.78 is 16.0. The Morgan fingerprint density at radius 3 is 2.54 bits per heavy atom. The van der Waals surface area contributed by atoms with Crippen LogP contribution in [0, 0.1) is 5.82 Å². The number of phenolic OH excluding ortho intramolecular Hbond substituents is 1. The van der Waals surface area contributed by atoms with E-state index in [2.05, 4.69) is 25.3 Å². The first-order valence-electron chi connectivity index (χ1n) is 9.33. The van der Waals surface area contributed by atoms with Gasteiger partial charge in [-0.25, -0.2) is 4.39 Å². The van der Waals surface area contributed by atoms with E-state index in [0.717, 1.165) is 53.9 Å². The van der Waals surface area contributed by atoms with Gasteiger partial charge in [-0.1, -0.05) is 0 Å². The lowest BCUT2D eigenvalue weighted by Crippen LogP contribution is -2.47. The Morgan fingerprint density at radius 1 is 1.04 bits per heavy atom. The molecule has 5 heteroatoms. The summed E-state index contributed by atoms with van der Waals surface area (Å²) in [4.78, 5) is 15.4. The van der Waals surface area contributed by atoms with Crippen LogP contribution in [0.15, 0.2) is 18.2 Å². The van der Waals surface area contributed by atoms with E-state index >= 15 is 0 Å². The maximum atomic E-state index is 14.0. The molecule has 4 rings (SSSR count). The van der Waals surface area contributed by atoms with E-state index in [9.17, 15) is 14.3 Å². The largest absolute Gasteiger partial charge is 0.505 e. The Labute approximate surface area is 153 Å². The van der Waals surface area contributed by atoms with Crippen LogP contribution in [0.1, 0.15) is 55.2 Å². The summed E-state index contributed by atoms with van der Waals surface area (Å²) in [6.07, 6.45) is 3.57. The zero-order valence-electron chi connectivity index (χ0n) is 15.6. The molecule has 0 bridgehead atoms. The Hall–Kier alpha value is -2.30. The van der Waals surface area contributed by atoms with E-state index < -0.39 is 5.82 Å². The second kappa shape index (κ2) is 5.86. The molecule has 0 saturated heterocycles. The zero-order chi connectivity index (χ0) is 18.6. The smallest absolute Gasteiger partial charge is 0.271 e. The second-order valence-corrected chi connectivity index (χ2v) is 8.35. The minimum atomic E-state index is -0.617. The fraction of sp³-hybridized carbons (Fsp3) is 0.476. The van der Waals surface area contributed by atoms with Crippen LogP contribution in [0.3, 0.4) is 0 Å². The lowest BCUT2D eigenvalue weighted by Gasteiger charge is -2.37. The third-order valence-corrected chi connectivity index (χ3v) is 5.56. The lowest BCUT2D eigenvalue weighted by atomic mass is 9.97. The highest BCUT2D eigenvalue weighted by Crippen LogP contribution is 2.38. The molecule has 4 nitrogen and oxygen atoms in total. The molecule has 138 valence electrons. The van der Waals surface area contributed by atoms with Crippen molar-refractivity contribution in [1.29, 1.82) is 0 Å². The van der Waals surface area contributed by atoms with Crippen LogP contribution in [-0.4, -0.2) is 32.6 Å². The number of aromatic nitrogens is 1.